The number of carbonyl (C=O) groups excluding carboxylic acids is 2. The van der Waals surface area contributed by atoms with Crippen molar-refractivity contribution in [1.82, 2.24) is 10.6 Å². The molecule has 7 heteroatoms. The predicted molar refractivity (Wildman–Crippen MR) is 115 cm³/mol. The van der Waals surface area contributed by atoms with Crippen molar-refractivity contribution in [2.75, 3.05) is 5.32 Å². The van der Waals surface area contributed by atoms with Crippen LogP contribution in [-0.2, 0) is 0 Å². The van der Waals surface area contributed by atoms with Gasteiger partial charge in [-0.2, -0.15) is 0 Å². The zero-order chi connectivity index (χ0) is 20.7. The number of hydrogen-bond acceptors (Lipinski definition) is 4. The summed E-state index contributed by atoms with van der Waals surface area (Å²) in [5.74, 6) is 0.128. The maximum atomic E-state index is 12.4. The SMILES string of the molecule is CC(C)NC(=O)c1ccccc1NC(=S)NC(=O)c1ccc(OC(C)C)cc1. The minimum absolute atomic E-state index is 0.00913. The van der Waals surface area contributed by atoms with Gasteiger partial charge in [0.15, 0.2) is 5.11 Å². The predicted octanol–water partition coefficient (Wildman–Crippen LogP) is 3.74. The zero-order valence-electron chi connectivity index (χ0n) is 16.4. The van der Waals surface area contributed by atoms with Crippen LogP contribution in [0.1, 0.15) is 48.4 Å². The van der Waals surface area contributed by atoms with E-state index in [1.54, 1.807) is 48.5 Å². The van der Waals surface area contributed by atoms with Crippen LogP contribution in [0.5, 0.6) is 5.75 Å². The van der Waals surface area contributed by atoms with Crippen molar-refractivity contribution in [1.29, 1.82) is 0 Å². The molecule has 2 aromatic rings. The molecule has 2 aromatic carbocycles. The van der Waals surface area contributed by atoms with E-state index in [9.17, 15) is 9.59 Å². The average Bonchev–Trinajstić information content (AvgIpc) is 2.61. The van der Waals surface area contributed by atoms with Gasteiger partial charge in [0.05, 0.1) is 17.4 Å². The van der Waals surface area contributed by atoms with Gasteiger partial charge in [0, 0.05) is 11.6 Å². The van der Waals surface area contributed by atoms with Crippen LogP contribution in [0.3, 0.4) is 0 Å². The van der Waals surface area contributed by atoms with Gasteiger partial charge in [-0.25, -0.2) is 0 Å². The summed E-state index contributed by atoms with van der Waals surface area (Å²) in [5.41, 5.74) is 1.42. The molecule has 0 aromatic heterocycles. The lowest BCUT2D eigenvalue weighted by atomic mass is 10.1. The highest BCUT2D eigenvalue weighted by Gasteiger charge is 2.14. The molecule has 0 heterocycles. The Morgan fingerprint density at radius 3 is 2.18 bits per heavy atom. The molecule has 0 spiro atoms. The fourth-order valence-electron chi connectivity index (χ4n) is 2.42. The third kappa shape index (κ3) is 6.35. The highest BCUT2D eigenvalue weighted by atomic mass is 32.1. The lowest BCUT2D eigenvalue weighted by Gasteiger charge is -2.15. The molecule has 0 saturated carbocycles. The van der Waals surface area contributed by atoms with Crippen molar-refractivity contribution < 1.29 is 14.3 Å². The van der Waals surface area contributed by atoms with Crippen molar-refractivity contribution in [2.24, 2.45) is 0 Å². The van der Waals surface area contributed by atoms with Gasteiger partial charge in [-0.05, 0) is 76.3 Å². The molecular weight excluding hydrogens is 374 g/mol. The van der Waals surface area contributed by atoms with Gasteiger partial charge >= 0.3 is 0 Å². The Bertz CT molecular complexity index is 848. The Hall–Kier alpha value is -2.93. The zero-order valence-corrected chi connectivity index (χ0v) is 17.2. The van der Waals surface area contributed by atoms with Crippen molar-refractivity contribution in [3.05, 3.63) is 59.7 Å². The number of amides is 2. The fourth-order valence-corrected chi connectivity index (χ4v) is 2.62. The Kier molecular flexibility index (Phi) is 7.52. The number of para-hydroxylation sites is 1. The van der Waals surface area contributed by atoms with Gasteiger partial charge in [-0.3, -0.25) is 14.9 Å². The summed E-state index contributed by atoms with van der Waals surface area (Å²) >= 11 is 5.23. The summed E-state index contributed by atoms with van der Waals surface area (Å²) in [6.45, 7) is 7.64. The molecule has 148 valence electrons. The smallest absolute Gasteiger partial charge is 0.257 e. The van der Waals surface area contributed by atoms with Crippen LogP contribution in [0, 0.1) is 0 Å². The Morgan fingerprint density at radius 1 is 0.929 bits per heavy atom. The summed E-state index contributed by atoms with van der Waals surface area (Å²) < 4.78 is 5.56. The molecule has 0 bridgehead atoms. The molecule has 2 amide bonds. The van der Waals surface area contributed by atoms with E-state index in [-0.39, 0.29) is 29.1 Å². The summed E-state index contributed by atoms with van der Waals surface area (Å²) in [5, 5.41) is 8.48. The molecule has 0 saturated heterocycles. The van der Waals surface area contributed by atoms with Crippen molar-refractivity contribution in [2.45, 2.75) is 39.8 Å². The van der Waals surface area contributed by atoms with Gasteiger partial charge in [-0.15, -0.1) is 0 Å². The van der Waals surface area contributed by atoms with E-state index < -0.39 is 0 Å². The summed E-state index contributed by atoms with van der Waals surface area (Å²) in [6, 6.07) is 13.8. The Labute approximate surface area is 170 Å². The van der Waals surface area contributed by atoms with E-state index in [0.717, 1.165) is 0 Å². The maximum absolute atomic E-state index is 12.4. The summed E-state index contributed by atoms with van der Waals surface area (Å²) in [4.78, 5) is 24.7. The first-order valence-electron chi connectivity index (χ1n) is 9.05. The van der Waals surface area contributed by atoms with Crippen molar-refractivity contribution in [3.8, 4) is 5.75 Å². The summed E-state index contributed by atoms with van der Waals surface area (Å²) in [6.07, 6.45) is 0.0596. The van der Waals surface area contributed by atoms with E-state index in [4.69, 9.17) is 17.0 Å². The normalized spacial score (nSPS) is 10.5. The second kappa shape index (κ2) is 9.85. The molecule has 28 heavy (non-hydrogen) atoms. The minimum atomic E-state index is -0.349. The second-order valence-electron chi connectivity index (χ2n) is 6.77. The monoisotopic (exact) mass is 399 g/mol. The molecule has 6 nitrogen and oxygen atoms in total. The lowest BCUT2D eigenvalue weighted by Crippen LogP contribution is -2.35. The molecule has 0 unspecified atom stereocenters. The molecule has 0 aliphatic carbocycles. The topological polar surface area (TPSA) is 79.5 Å². The standard InChI is InChI=1S/C21H25N3O3S/c1-13(2)22-20(26)17-7-5-6-8-18(17)23-21(28)24-19(25)15-9-11-16(12-10-15)27-14(3)4/h5-14H,1-4H3,(H,22,26)(H2,23,24,25,28). The van der Waals surface area contributed by atoms with E-state index in [1.165, 1.54) is 0 Å². The highest BCUT2D eigenvalue weighted by molar-refractivity contribution is 7.80. The molecule has 3 N–H and O–H groups in total. The molecule has 0 radical (unpaired) electrons. The number of rotatable bonds is 6. The number of hydrogen-bond donors (Lipinski definition) is 3. The van der Waals surface area contributed by atoms with E-state index >= 15 is 0 Å². The number of carbonyl (C=O) groups is 2. The first-order chi connectivity index (χ1) is 13.3. The third-order valence-corrected chi connectivity index (χ3v) is 3.76. The fraction of sp³-hybridized carbons (Fsp3) is 0.286. The number of ether oxygens (including phenoxy) is 1. The molecule has 0 atom stereocenters. The number of thiocarbonyl (C=S) groups is 1. The maximum Gasteiger partial charge on any atom is 0.257 e. The van der Waals surface area contributed by atoms with Crippen LogP contribution in [0.4, 0.5) is 5.69 Å². The van der Waals surface area contributed by atoms with Gasteiger partial charge in [0.1, 0.15) is 5.75 Å². The largest absolute Gasteiger partial charge is 0.491 e. The quantitative estimate of drug-likeness (QED) is 0.645. The van der Waals surface area contributed by atoms with Crippen molar-refractivity contribution >= 4 is 34.8 Å². The van der Waals surface area contributed by atoms with E-state index in [2.05, 4.69) is 16.0 Å². The number of nitrogens with one attached hydrogen (secondary N) is 3. The van der Waals surface area contributed by atoms with Crippen LogP contribution in [0.15, 0.2) is 48.5 Å². The summed E-state index contributed by atoms with van der Waals surface area (Å²) in [7, 11) is 0. The highest BCUT2D eigenvalue weighted by Crippen LogP contribution is 2.16. The van der Waals surface area contributed by atoms with Crippen LogP contribution >= 0.6 is 12.2 Å². The lowest BCUT2D eigenvalue weighted by molar-refractivity contribution is 0.0942. The molecule has 0 aliphatic rings. The number of benzene rings is 2. The van der Waals surface area contributed by atoms with Gasteiger partial charge in [0.2, 0.25) is 0 Å². The van der Waals surface area contributed by atoms with Crippen LogP contribution in [0.2, 0.25) is 0 Å². The molecule has 2 rings (SSSR count). The van der Waals surface area contributed by atoms with Crippen LogP contribution in [-0.4, -0.2) is 29.1 Å². The molecule has 0 aliphatic heterocycles. The first kappa shape index (κ1) is 21.4. The van der Waals surface area contributed by atoms with Crippen molar-refractivity contribution in [3.63, 3.8) is 0 Å². The van der Waals surface area contributed by atoms with Gasteiger partial charge in [-0.1, -0.05) is 12.1 Å². The second-order valence-corrected chi connectivity index (χ2v) is 7.18. The third-order valence-electron chi connectivity index (χ3n) is 3.56. The average molecular weight is 400 g/mol. The van der Waals surface area contributed by atoms with Crippen LogP contribution in [0.25, 0.3) is 0 Å². The Balaban J connectivity index is 2.02. The molecule has 0 fully saturated rings. The molecular formula is C21H25N3O3S. The number of anilines is 1. The first-order valence-corrected chi connectivity index (χ1v) is 9.46. The minimum Gasteiger partial charge on any atom is -0.491 e. The Morgan fingerprint density at radius 2 is 1.57 bits per heavy atom. The van der Waals surface area contributed by atoms with Crippen LogP contribution < -0.4 is 20.7 Å². The van der Waals surface area contributed by atoms with E-state index in [0.29, 0.717) is 22.6 Å². The van der Waals surface area contributed by atoms with Gasteiger partial charge in [0.25, 0.3) is 11.8 Å². The van der Waals surface area contributed by atoms with Gasteiger partial charge < -0.3 is 15.4 Å². The van der Waals surface area contributed by atoms with E-state index in [1.807, 2.05) is 27.7 Å².